The Labute approximate surface area is 84.3 Å². The molecule has 1 aromatic rings. The van der Waals surface area contributed by atoms with Gasteiger partial charge in [0, 0.05) is 35.3 Å². The molecule has 1 heterocycles. The van der Waals surface area contributed by atoms with Crippen molar-refractivity contribution in [1.29, 1.82) is 0 Å². The molecule has 68 valence electrons. The summed E-state index contributed by atoms with van der Waals surface area (Å²) in [5.74, 6) is -0.0547. The fourth-order valence-corrected chi connectivity index (χ4v) is 1.26. The molecule has 0 fully saturated rings. The molecule has 0 aliphatic rings. The lowest BCUT2D eigenvalue weighted by Gasteiger charge is -1.97. The maximum Gasteiger partial charge on any atom is 0.164 e. The van der Waals surface area contributed by atoms with Crippen LogP contribution >= 0.6 is 15.9 Å². The standard InChI is InChI=1S/C9H8BrNO2/c10-8-4-7(5-11-6-8)9(13)2-1-3-12/h3-6H,1-2H2. The molecule has 0 atom stereocenters. The van der Waals surface area contributed by atoms with E-state index in [9.17, 15) is 9.59 Å². The van der Waals surface area contributed by atoms with Gasteiger partial charge in [-0.05, 0) is 22.0 Å². The monoisotopic (exact) mass is 241 g/mol. The number of Topliss-reactive ketones (excluding diaryl/α,β-unsaturated/α-hetero) is 1. The second-order valence-electron chi connectivity index (χ2n) is 2.52. The summed E-state index contributed by atoms with van der Waals surface area (Å²) in [6, 6.07) is 1.69. The second-order valence-corrected chi connectivity index (χ2v) is 3.44. The van der Waals surface area contributed by atoms with Gasteiger partial charge in [0.05, 0.1) is 0 Å². The number of ketones is 1. The highest BCUT2D eigenvalue weighted by Crippen LogP contribution is 2.11. The minimum Gasteiger partial charge on any atom is -0.303 e. The molecule has 0 saturated heterocycles. The van der Waals surface area contributed by atoms with E-state index >= 15 is 0 Å². The molecule has 0 amide bonds. The van der Waals surface area contributed by atoms with E-state index in [2.05, 4.69) is 20.9 Å². The van der Waals surface area contributed by atoms with E-state index in [4.69, 9.17) is 0 Å². The van der Waals surface area contributed by atoms with Crippen molar-refractivity contribution >= 4 is 28.0 Å². The minimum absolute atomic E-state index is 0.0547. The summed E-state index contributed by atoms with van der Waals surface area (Å²) in [6.07, 6.45) is 4.37. The number of rotatable bonds is 4. The number of nitrogens with zero attached hydrogens (tertiary/aromatic N) is 1. The van der Waals surface area contributed by atoms with Crippen LogP contribution in [0.3, 0.4) is 0 Å². The van der Waals surface area contributed by atoms with Gasteiger partial charge in [-0.25, -0.2) is 0 Å². The molecule has 3 nitrogen and oxygen atoms in total. The molecular weight excluding hydrogens is 234 g/mol. The Bertz CT molecular complexity index is 325. The molecular formula is C9H8BrNO2. The van der Waals surface area contributed by atoms with Crippen LogP contribution in [0, 0.1) is 0 Å². The van der Waals surface area contributed by atoms with Crippen LogP contribution in [0.1, 0.15) is 23.2 Å². The van der Waals surface area contributed by atoms with E-state index in [1.807, 2.05) is 0 Å². The molecule has 0 aliphatic heterocycles. The lowest BCUT2D eigenvalue weighted by atomic mass is 10.1. The second kappa shape index (κ2) is 4.87. The number of carbonyl (C=O) groups is 2. The SMILES string of the molecule is O=CCCC(=O)c1cncc(Br)c1. The Kier molecular flexibility index (Phi) is 3.76. The first-order valence-electron chi connectivity index (χ1n) is 3.81. The van der Waals surface area contributed by atoms with Crippen LogP contribution < -0.4 is 0 Å². The lowest BCUT2D eigenvalue weighted by molar-refractivity contribution is -0.107. The first kappa shape index (κ1) is 10.1. The van der Waals surface area contributed by atoms with Crippen molar-refractivity contribution in [3.63, 3.8) is 0 Å². The average Bonchev–Trinajstić information content (AvgIpc) is 2.14. The molecule has 0 aromatic carbocycles. The number of hydrogen-bond donors (Lipinski definition) is 0. The number of carbonyl (C=O) groups excluding carboxylic acids is 2. The van der Waals surface area contributed by atoms with Gasteiger partial charge in [-0.2, -0.15) is 0 Å². The lowest BCUT2D eigenvalue weighted by Crippen LogP contribution is -1.99. The Morgan fingerprint density at radius 3 is 2.92 bits per heavy atom. The third kappa shape index (κ3) is 3.06. The zero-order valence-corrected chi connectivity index (χ0v) is 8.45. The molecule has 0 saturated carbocycles. The molecule has 0 aliphatic carbocycles. The normalized spacial score (nSPS) is 9.62. The van der Waals surface area contributed by atoms with Gasteiger partial charge in [0.25, 0.3) is 0 Å². The molecule has 13 heavy (non-hydrogen) atoms. The zero-order chi connectivity index (χ0) is 9.68. The first-order valence-corrected chi connectivity index (χ1v) is 4.60. The number of pyridine rings is 1. The molecule has 0 radical (unpaired) electrons. The number of hydrogen-bond acceptors (Lipinski definition) is 3. The summed E-state index contributed by atoms with van der Waals surface area (Å²) in [4.78, 5) is 25.2. The molecule has 0 N–H and O–H groups in total. The summed E-state index contributed by atoms with van der Waals surface area (Å²) in [6.45, 7) is 0. The van der Waals surface area contributed by atoms with Crippen LogP contribution in [-0.4, -0.2) is 17.1 Å². The van der Waals surface area contributed by atoms with Crippen LogP contribution in [0.4, 0.5) is 0 Å². The van der Waals surface area contributed by atoms with E-state index in [0.717, 1.165) is 10.8 Å². The van der Waals surface area contributed by atoms with Gasteiger partial charge < -0.3 is 4.79 Å². The number of halogens is 1. The van der Waals surface area contributed by atoms with Crippen LogP contribution in [0.25, 0.3) is 0 Å². The number of aldehydes is 1. The van der Waals surface area contributed by atoms with Crippen LogP contribution in [0.5, 0.6) is 0 Å². The van der Waals surface area contributed by atoms with Gasteiger partial charge in [-0.3, -0.25) is 9.78 Å². The minimum atomic E-state index is -0.0547. The summed E-state index contributed by atoms with van der Waals surface area (Å²) >= 11 is 3.21. The summed E-state index contributed by atoms with van der Waals surface area (Å²) in [5, 5.41) is 0. The fourth-order valence-electron chi connectivity index (χ4n) is 0.899. The average molecular weight is 242 g/mol. The largest absolute Gasteiger partial charge is 0.303 e. The van der Waals surface area contributed by atoms with Gasteiger partial charge in [-0.15, -0.1) is 0 Å². The van der Waals surface area contributed by atoms with Crippen molar-refractivity contribution < 1.29 is 9.59 Å². The zero-order valence-electron chi connectivity index (χ0n) is 6.87. The van der Waals surface area contributed by atoms with Crippen molar-refractivity contribution in [3.8, 4) is 0 Å². The van der Waals surface area contributed by atoms with E-state index in [1.165, 1.54) is 6.20 Å². The smallest absolute Gasteiger partial charge is 0.164 e. The Hall–Kier alpha value is -1.03. The third-order valence-electron chi connectivity index (χ3n) is 1.52. The van der Waals surface area contributed by atoms with E-state index < -0.39 is 0 Å². The maximum absolute atomic E-state index is 11.3. The Balaban J connectivity index is 2.71. The molecule has 0 spiro atoms. The highest BCUT2D eigenvalue weighted by molar-refractivity contribution is 9.10. The van der Waals surface area contributed by atoms with E-state index in [0.29, 0.717) is 5.56 Å². The predicted molar refractivity (Wildman–Crippen MR) is 51.6 cm³/mol. The first-order chi connectivity index (χ1) is 6.24. The fraction of sp³-hybridized carbons (Fsp3) is 0.222. The maximum atomic E-state index is 11.3. The molecule has 1 rings (SSSR count). The van der Waals surface area contributed by atoms with Gasteiger partial charge in [0.15, 0.2) is 5.78 Å². The molecule has 0 unspecified atom stereocenters. The summed E-state index contributed by atoms with van der Waals surface area (Å²) < 4.78 is 0.768. The third-order valence-corrected chi connectivity index (χ3v) is 1.95. The molecule has 1 aromatic heterocycles. The highest BCUT2D eigenvalue weighted by Gasteiger charge is 2.05. The van der Waals surface area contributed by atoms with Gasteiger partial charge in [-0.1, -0.05) is 0 Å². The van der Waals surface area contributed by atoms with Crippen molar-refractivity contribution in [3.05, 3.63) is 28.5 Å². The van der Waals surface area contributed by atoms with Crippen molar-refractivity contribution in [2.45, 2.75) is 12.8 Å². The van der Waals surface area contributed by atoms with Gasteiger partial charge >= 0.3 is 0 Å². The van der Waals surface area contributed by atoms with E-state index in [-0.39, 0.29) is 18.6 Å². The highest BCUT2D eigenvalue weighted by atomic mass is 79.9. The van der Waals surface area contributed by atoms with Crippen LogP contribution in [0.15, 0.2) is 22.9 Å². The van der Waals surface area contributed by atoms with Crippen molar-refractivity contribution in [1.82, 2.24) is 4.98 Å². The quantitative estimate of drug-likeness (QED) is 0.599. The van der Waals surface area contributed by atoms with Crippen LogP contribution in [-0.2, 0) is 4.79 Å². The van der Waals surface area contributed by atoms with E-state index in [1.54, 1.807) is 12.3 Å². The topological polar surface area (TPSA) is 47.0 Å². The summed E-state index contributed by atoms with van der Waals surface area (Å²) in [7, 11) is 0. The number of aromatic nitrogens is 1. The van der Waals surface area contributed by atoms with Crippen molar-refractivity contribution in [2.24, 2.45) is 0 Å². The summed E-state index contributed by atoms with van der Waals surface area (Å²) in [5.41, 5.74) is 0.538. The van der Waals surface area contributed by atoms with Crippen molar-refractivity contribution in [2.75, 3.05) is 0 Å². The Morgan fingerprint density at radius 2 is 2.31 bits per heavy atom. The Morgan fingerprint density at radius 1 is 1.54 bits per heavy atom. The predicted octanol–water partition coefficient (Wildman–Crippen LogP) is 2.01. The van der Waals surface area contributed by atoms with Gasteiger partial charge in [0.1, 0.15) is 6.29 Å². The van der Waals surface area contributed by atoms with Gasteiger partial charge in [0.2, 0.25) is 0 Å². The van der Waals surface area contributed by atoms with Crippen LogP contribution in [0.2, 0.25) is 0 Å². The molecule has 0 bridgehead atoms. The molecule has 4 heteroatoms.